The van der Waals surface area contributed by atoms with Crippen molar-refractivity contribution in [1.82, 2.24) is 10.5 Å². The quantitative estimate of drug-likeness (QED) is 0.751. The predicted octanol–water partition coefficient (Wildman–Crippen LogP) is 3.82. The number of rotatable bonds is 6. The summed E-state index contributed by atoms with van der Waals surface area (Å²) in [4.78, 5) is 12.4. The van der Waals surface area contributed by atoms with Gasteiger partial charge in [-0.15, -0.1) is 0 Å². The van der Waals surface area contributed by atoms with Crippen LogP contribution in [0.4, 0.5) is 0 Å². The number of nitrogens with zero attached hydrogens (tertiary/aromatic N) is 1. The van der Waals surface area contributed by atoms with Gasteiger partial charge in [0, 0.05) is 18.4 Å². The van der Waals surface area contributed by atoms with Gasteiger partial charge in [0.05, 0.1) is 6.54 Å². The normalized spacial score (nSPS) is 10.8. The maximum Gasteiger partial charge on any atom is 0.221 e. The molecule has 0 atom stereocenters. The summed E-state index contributed by atoms with van der Waals surface area (Å²) >= 11 is 0. The van der Waals surface area contributed by atoms with Crippen LogP contribution in [0.2, 0.25) is 0 Å². The summed E-state index contributed by atoms with van der Waals surface area (Å²) in [5, 5.41) is 6.81. The molecule has 0 fully saturated rings. The fourth-order valence-electron chi connectivity index (χ4n) is 2.75. The molecule has 0 aliphatic carbocycles. The molecule has 4 heteroatoms. The molecule has 122 valence electrons. The zero-order chi connectivity index (χ0) is 16.8. The number of amides is 1. The summed E-state index contributed by atoms with van der Waals surface area (Å²) in [6.45, 7) is 2.21. The largest absolute Gasteiger partial charge is 0.361 e. The van der Waals surface area contributed by atoms with Gasteiger partial charge >= 0.3 is 0 Å². The highest BCUT2D eigenvalue weighted by molar-refractivity contribution is 5.77. The highest BCUT2D eigenvalue weighted by Gasteiger charge is 2.18. The van der Waals surface area contributed by atoms with Crippen molar-refractivity contribution in [1.29, 1.82) is 0 Å². The lowest BCUT2D eigenvalue weighted by molar-refractivity contribution is -0.121. The second-order valence-electron chi connectivity index (χ2n) is 5.78. The molecule has 1 heterocycles. The van der Waals surface area contributed by atoms with E-state index in [9.17, 15) is 4.79 Å². The summed E-state index contributed by atoms with van der Waals surface area (Å²) in [5.41, 5.74) is 3.00. The smallest absolute Gasteiger partial charge is 0.221 e. The molecule has 2 aromatic carbocycles. The molecule has 24 heavy (non-hydrogen) atoms. The number of hydrogen-bond donors (Lipinski definition) is 1. The Morgan fingerprint density at radius 3 is 2.12 bits per heavy atom. The summed E-state index contributed by atoms with van der Waals surface area (Å²) in [6.07, 6.45) is 0.394. The van der Waals surface area contributed by atoms with Crippen LogP contribution in [-0.4, -0.2) is 11.1 Å². The third-order valence-electron chi connectivity index (χ3n) is 3.94. The minimum absolute atomic E-state index is 0.00615. The highest BCUT2D eigenvalue weighted by atomic mass is 16.5. The van der Waals surface area contributed by atoms with Crippen molar-refractivity contribution in [2.24, 2.45) is 0 Å². The van der Waals surface area contributed by atoms with E-state index in [1.54, 1.807) is 0 Å². The Kier molecular flexibility index (Phi) is 5.06. The SMILES string of the molecule is Cc1cc(CNC(=O)CC(c2ccccc2)c2ccccc2)no1. The minimum atomic E-state index is -0.00615. The van der Waals surface area contributed by atoms with Gasteiger partial charge in [0.1, 0.15) is 11.5 Å². The molecule has 0 saturated heterocycles. The lowest BCUT2D eigenvalue weighted by Crippen LogP contribution is -2.25. The molecule has 1 N–H and O–H groups in total. The second kappa shape index (κ2) is 7.59. The summed E-state index contributed by atoms with van der Waals surface area (Å²) < 4.78 is 5.02. The third-order valence-corrected chi connectivity index (χ3v) is 3.94. The van der Waals surface area contributed by atoms with E-state index in [0.717, 1.165) is 22.6 Å². The van der Waals surface area contributed by atoms with Crippen LogP contribution in [0.5, 0.6) is 0 Å². The fourth-order valence-corrected chi connectivity index (χ4v) is 2.75. The van der Waals surface area contributed by atoms with E-state index in [4.69, 9.17) is 4.52 Å². The van der Waals surface area contributed by atoms with E-state index in [1.165, 1.54) is 0 Å². The van der Waals surface area contributed by atoms with Crippen molar-refractivity contribution in [2.75, 3.05) is 0 Å². The molecule has 3 rings (SSSR count). The van der Waals surface area contributed by atoms with Crippen LogP contribution in [0, 0.1) is 6.92 Å². The standard InChI is InChI=1S/C20H20N2O2/c1-15-12-18(22-24-15)14-21-20(23)13-19(16-8-4-2-5-9-16)17-10-6-3-7-11-17/h2-12,19H,13-14H2,1H3,(H,21,23). The predicted molar refractivity (Wildman–Crippen MR) is 92.4 cm³/mol. The minimum Gasteiger partial charge on any atom is -0.361 e. The molecule has 0 unspecified atom stereocenters. The van der Waals surface area contributed by atoms with Crippen molar-refractivity contribution < 1.29 is 9.32 Å². The number of carbonyl (C=O) groups excluding carboxylic acids is 1. The van der Waals surface area contributed by atoms with Crippen molar-refractivity contribution in [3.63, 3.8) is 0 Å². The fraction of sp³-hybridized carbons (Fsp3) is 0.200. The molecule has 1 aromatic heterocycles. The molecule has 0 aliphatic heterocycles. The second-order valence-corrected chi connectivity index (χ2v) is 5.78. The van der Waals surface area contributed by atoms with Gasteiger partial charge in [-0.25, -0.2) is 0 Å². The van der Waals surface area contributed by atoms with E-state index < -0.39 is 0 Å². The molecule has 1 amide bonds. The molecule has 0 saturated carbocycles. The van der Waals surface area contributed by atoms with Gasteiger partial charge in [-0.2, -0.15) is 0 Å². The summed E-state index contributed by atoms with van der Waals surface area (Å²) in [5.74, 6) is 0.769. The molecular weight excluding hydrogens is 300 g/mol. The van der Waals surface area contributed by atoms with Gasteiger partial charge in [-0.05, 0) is 18.1 Å². The topological polar surface area (TPSA) is 55.1 Å². The van der Waals surface area contributed by atoms with Crippen molar-refractivity contribution in [3.8, 4) is 0 Å². The monoisotopic (exact) mass is 320 g/mol. The number of carbonyl (C=O) groups is 1. The van der Waals surface area contributed by atoms with Crippen LogP contribution in [0.1, 0.15) is 34.9 Å². The van der Waals surface area contributed by atoms with Crippen LogP contribution < -0.4 is 5.32 Å². The van der Waals surface area contributed by atoms with Crippen LogP contribution in [0.15, 0.2) is 71.3 Å². The van der Waals surface area contributed by atoms with Gasteiger partial charge in [-0.1, -0.05) is 65.8 Å². The number of aromatic nitrogens is 1. The zero-order valence-corrected chi connectivity index (χ0v) is 13.6. The van der Waals surface area contributed by atoms with Crippen LogP contribution in [0.3, 0.4) is 0 Å². The van der Waals surface area contributed by atoms with Gasteiger partial charge in [0.2, 0.25) is 5.91 Å². The first-order valence-electron chi connectivity index (χ1n) is 8.01. The number of benzene rings is 2. The van der Waals surface area contributed by atoms with Crippen molar-refractivity contribution in [3.05, 3.63) is 89.3 Å². The average Bonchev–Trinajstić information content (AvgIpc) is 3.05. The van der Waals surface area contributed by atoms with E-state index >= 15 is 0 Å². The Morgan fingerprint density at radius 1 is 1.04 bits per heavy atom. The van der Waals surface area contributed by atoms with Gasteiger partial charge < -0.3 is 9.84 Å². The summed E-state index contributed by atoms with van der Waals surface area (Å²) in [6, 6.07) is 22.0. The maximum atomic E-state index is 12.4. The van der Waals surface area contributed by atoms with E-state index in [2.05, 4.69) is 34.7 Å². The zero-order valence-electron chi connectivity index (χ0n) is 13.6. The number of aryl methyl sites for hydroxylation is 1. The maximum absolute atomic E-state index is 12.4. The molecule has 0 radical (unpaired) electrons. The highest BCUT2D eigenvalue weighted by Crippen LogP contribution is 2.27. The number of hydrogen-bond acceptors (Lipinski definition) is 3. The van der Waals surface area contributed by atoms with Gasteiger partial charge in [0.25, 0.3) is 0 Å². The van der Waals surface area contributed by atoms with Crippen LogP contribution >= 0.6 is 0 Å². The van der Waals surface area contributed by atoms with E-state index in [-0.39, 0.29) is 11.8 Å². The van der Waals surface area contributed by atoms with Crippen LogP contribution in [-0.2, 0) is 11.3 Å². The van der Waals surface area contributed by atoms with Gasteiger partial charge in [0.15, 0.2) is 0 Å². The first kappa shape index (κ1) is 16.0. The Labute approximate surface area is 141 Å². The molecule has 0 bridgehead atoms. The first-order chi connectivity index (χ1) is 11.7. The Morgan fingerprint density at radius 2 is 1.62 bits per heavy atom. The number of nitrogens with one attached hydrogen (secondary N) is 1. The van der Waals surface area contributed by atoms with E-state index in [0.29, 0.717) is 13.0 Å². The Bertz CT molecular complexity index is 742. The molecule has 4 nitrogen and oxygen atoms in total. The Hall–Kier alpha value is -2.88. The lowest BCUT2D eigenvalue weighted by Gasteiger charge is -2.17. The molecule has 0 spiro atoms. The van der Waals surface area contributed by atoms with Crippen LogP contribution in [0.25, 0.3) is 0 Å². The van der Waals surface area contributed by atoms with Crippen molar-refractivity contribution in [2.45, 2.75) is 25.8 Å². The average molecular weight is 320 g/mol. The molecule has 3 aromatic rings. The lowest BCUT2D eigenvalue weighted by atomic mass is 9.88. The first-order valence-corrected chi connectivity index (χ1v) is 8.01. The third kappa shape index (κ3) is 4.10. The summed E-state index contributed by atoms with van der Waals surface area (Å²) in [7, 11) is 0. The van der Waals surface area contributed by atoms with Gasteiger partial charge in [-0.3, -0.25) is 4.79 Å². The van der Waals surface area contributed by atoms with Crippen molar-refractivity contribution >= 4 is 5.91 Å². The Balaban J connectivity index is 1.71. The van der Waals surface area contributed by atoms with E-state index in [1.807, 2.05) is 49.4 Å². The molecular formula is C20H20N2O2. The molecule has 0 aliphatic rings.